The summed E-state index contributed by atoms with van der Waals surface area (Å²) < 4.78 is 1.92. The van der Waals surface area contributed by atoms with E-state index in [2.05, 4.69) is 5.10 Å². The van der Waals surface area contributed by atoms with E-state index >= 15 is 0 Å². The van der Waals surface area contributed by atoms with Crippen LogP contribution >= 0.6 is 22.9 Å². The summed E-state index contributed by atoms with van der Waals surface area (Å²) in [4.78, 5) is 18.8. The fraction of sp³-hybridized carbons (Fsp3) is 0.250. The second-order valence-corrected chi connectivity index (χ2v) is 6.65. The molecule has 3 rings (SSSR count). The maximum absolute atomic E-state index is 12.2. The van der Waals surface area contributed by atoms with Crippen molar-refractivity contribution in [1.82, 2.24) is 14.8 Å². The first-order valence-electron chi connectivity index (χ1n) is 7.03. The average Bonchev–Trinajstić information content (AvgIpc) is 3.10. The highest BCUT2D eigenvalue weighted by molar-refractivity contribution is 7.20. The van der Waals surface area contributed by atoms with Crippen LogP contribution in [-0.2, 0) is 11.4 Å². The van der Waals surface area contributed by atoms with Crippen molar-refractivity contribution >= 4 is 39.1 Å². The van der Waals surface area contributed by atoms with E-state index in [0.717, 1.165) is 21.5 Å². The standard InChI is InChI=1S/C16H16ClN3O2S/c1-10-13-8-14(15(21)19(2)22-3)23-16(13)20(18-10)9-11-4-6-12(17)7-5-11/h4-8H,9H2,1-3H3. The Morgan fingerprint density at radius 3 is 2.74 bits per heavy atom. The summed E-state index contributed by atoms with van der Waals surface area (Å²) in [5.74, 6) is -0.161. The number of nitrogens with zero attached hydrogens (tertiary/aromatic N) is 3. The third-order valence-corrected chi connectivity index (χ3v) is 5.01. The molecule has 0 unspecified atom stereocenters. The minimum Gasteiger partial charge on any atom is -0.274 e. The van der Waals surface area contributed by atoms with Gasteiger partial charge < -0.3 is 0 Å². The molecular weight excluding hydrogens is 334 g/mol. The van der Waals surface area contributed by atoms with Crippen molar-refractivity contribution in [3.63, 3.8) is 0 Å². The summed E-state index contributed by atoms with van der Waals surface area (Å²) in [7, 11) is 3.07. The molecule has 0 saturated carbocycles. The van der Waals surface area contributed by atoms with Gasteiger partial charge in [0.15, 0.2) is 0 Å². The van der Waals surface area contributed by atoms with Crippen LogP contribution in [0, 0.1) is 6.92 Å². The molecule has 1 amide bonds. The number of carbonyl (C=O) groups excluding carboxylic acids is 1. The average molecular weight is 350 g/mol. The van der Waals surface area contributed by atoms with E-state index in [9.17, 15) is 4.79 Å². The number of carbonyl (C=O) groups is 1. The molecule has 7 heteroatoms. The van der Waals surface area contributed by atoms with Gasteiger partial charge in [0.2, 0.25) is 0 Å². The Kier molecular flexibility index (Phi) is 4.39. The molecule has 0 bridgehead atoms. The maximum atomic E-state index is 12.2. The summed E-state index contributed by atoms with van der Waals surface area (Å²) >= 11 is 7.34. The smallest absolute Gasteiger partial charge is 0.274 e. The molecule has 0 fully saturated rings. The zero-order chi connectivity index (χ0) is 16.6. The van der Waals surface area contributed by atoms with Gasteiger partial charge in [0.05, 0.1) is 24.2 Å². The lowest BCUT2D eigenvalue weighted by molar-refractivity contribution is -0.0753. The van der Waals surface area contributed by atoms with Crippen LogP contribution in [0.2, 0.25) is 5.02 Å². The lowest BCUT2D eigenvalue weighted by Gasteiger charge is -2.11. The molecule has 1 aromatic carbocycles. The first-order valence-corrected chi connectivity index (χ1v) is 8.22. The molecule has 0 aliphatic heterocycles. The Morgan fingerprint density at radius 1 is 1.39 bits per heavy atom. The molecular formula is C16H16ClN3O2S. The predicted octanol–water partition coefficient (Wildman–Crippen LogP) is 3.74. The highest BCUT2D eigenvalue weighted by atomic mass is 35.5. The predicted molar refractivity (Wildman–Crippen MR) is 92.0 cm³/mol. The van der Waals surface area contributed by atoms with Crippen LogP contribution in [0.5, 0.6) is 0 Å². The summed E-state index contributed by atoms with van der Waals surface area (Å²) in [6, 6.07) is 9.55. The van der Waals surface area contributed by atoms with E-state index in [1.165, 1.54) is 23.5 Å². The van der Waals surface area contributed by atoms with Crippen molar-refractivity contribution in [2.45, 2.75) is 13.5 Å². The number of fused-ring (bicyclic) bond motifs is 1. The number of hydrogen-bond acceptors (Lipinski definition) is 4. The number of aromatic nitrogens is 2. The summed E-state index contributed by atoms with van der Waals surface area (Å²) in [5.41, 5.74) is 2.01. The largest absolute Gasteiger partial charge is 0.287 e. The van der Waals surface area contributed by atoms with Crippen LogP contribution < -0.4 is 0 Å². The molecule has 2 aromatic heterocycles. The Labute approximate surface area is 143 Å². The lowest BCUT2D eigenvalue weighted by atomic mass is 10.2. The van der Waals surface area contributed by atoms with Crippen LogP contribution in [0.4, 0.5) is 0 Å². The third kappa shape index (κ3) is 3.10. The van der Waals surface area contributed by atoms with Gasteiger partial charge in [-0.25, -0.2) is 5.06 Å². The molecule has 0 radical (unpaired) electrons. The molecule has 0 saturated heterocycles. The number of rotatable bonds is 4. The summed E-state index contributed by atoms with van der Waals surface area (Å²) in [5, 5.41) is 7.50. The number of halogens is 1. The number of hydroxylamine groups is 2. The SMILES string of the molecule is CON(C)C(=O)c1cc2c(C)nn(Cc3ccc(Cl)cc3)c2s1. The number of hydrogen-bond donors (Lipinski definition) is 0. The fourth-order valence-corrected chi connectivity index (χ4v) is 3.58. The molecule has 23 heavy (non-hydrogen) atoms. The van der Waals surface area contributed by atoms with Gasteiger partial charge in [-0.3, -0.25) is 14.3 Å². The van der Waals surface area contributed by atoms with Crippen molar-refractivity contribution in [1.29, 1.82) is 0 Å². The molecule has 0 aliphatic rings. The lowest BCUT2D eigenvalue weighted by Crippen LogP contribution is -2.24. The third-order valence-electron chi connectivity index (χ3n) is 3.62. The topological polar surface area (TPSA) is 47.4 Å². The maximum Gasteiger partial charge on any atom is 0.287 e. The molecule has 0 atom stereocenters. The Balaban J connectivity index is 1.96. The second-order valence-electron chi connectivity index (χ2n) is 5.18. The van der Waals surface area contributed by atoms with Crippen LogP contribution in [0.3, 0.4) is 0 Å². The van der Waals surface area contributed by atoms with Crippen LogP contribution in [0.25, 0.3) is 10.2 Å². The molecule has 2 heterocycles. The minimum absolute atomic E-state index is 0.161. The monoisotopic (exact) mass is 349 g/mol. The first kappa shape index (κ1) is 16.0. The Bertz CT molecular complexity index is 854. The summed E-state index contributed by atoms with van der Waals surface area (Å²) in [6.07, 6.45) is 0. The number of benzene rings is 1. The molecule has 0 N–H and O–H groups in total. The van der Waals surface area contributed by atoms with Gasteiger partial charge in [0, 0.05) is 17.5 Å². The molecule has 0 aliphatic carbocycles. The number of thiophene rings is 1. The van der Waals surface area contributed by atoms with E-state index in [0.29, 0.717) is 16.4 Å². The molecule has 120 valence electrons. The Hall–Kier alpha value is -1.89. The van der Waals surface area contributed by atoms with Crippen molar-refractivity contribution in [2.24, 2.45) is 0 Å². The Morgan fingerprint density at radius 2 is 2.09 bits per heavy atom. The van der Waals surface area contributed by atoms with E-state index in [4.69, 9.17) is 16.4 Å². The first-order chi connectivity index (χ1) is 11.0. The van der Waals surface area contributed by atoms with E-state index in [1.807, 2.05) is 41.9 Å². The molecule has 3 aromatic rings. The van der Waals surface area contributed by atoms with Gasteiger partial charge in [-0.2, -0.15) is 5.10 Å². The zero-order valence-corrected chi connectivity index (χ0v) is 14.6. The zero-order valence-electron chi connectivity index (χ0n) is 13.0. The van der Waals surface area contributed by atoms with Crippen molar-refractivity contribution in [3.05, 3.63) is 51.5 Å². The van der Waals surface area contributed by atoms with Crippen molar-refractivity contribution < 1.29 is 9.63 Å². The fourth-order valence-electron chi connectivity index (χ4n) is 2.33. The van der Waals surface area contributed by atoms with Gasteiger partial charge in [-0.1, -0.05) is 23.7 Å². The highest BCUT2D eigenvalue weighted by Gasteiger charge is 2.19. The van der Waals surface area contributed by atoms with Crippen molar-refractivity contribution in [2.75, 3.05) is 14.2 Å². The van der Waals surface area contributed by atoms with Gasteiger partial charge >= 0.3 is 0 Å². The normalized spacial score (nSPS) is 11.1. The second kappa shape index (κ2) is 6.31. The molecule has 5 nitrogen and oxygen atoms in total. The van der Waals surface area contributed by atoms with E-state index < -0.39 is 0 Å². The van der Waals surface area contributed by atoms with Crippen molar-refractivity contribution in [3.8, 4) is 0 Å². The van der Waals surface area contributed by atoms with Gasteiger partial charge in [0.25, 0.3) is 5.91 Å². The number of amides is 1. The van der Waals surface area contributed by atoms with Crippen LogP contribution in [0.1, 0.15) is 20.9 Å². The van der Waals surface area contributed by atoms with E-state index in [-0.39, 0.29) is 5.91 Å². The van der Waals surface area contributed by atoms with Gasteiger partial charge in [-0.05, 0) is 30.7 Å². The quantitative estimate of drug-likeness (QED) is 0.674. The van der Waals surface area contributed by atoms with E-state index in [1.54, 1.807) is 7.05 Å². The molecule has 0 spiro atoms. The minimum atomic E-state index is -0.161. The summed E-state index contributed by atoms with van der Waals surface area (Å²) in [6.45, 7) is 2.58. The van der Waals surface area contributed by atoms with Gasteiger partial charge in [-0.15, -0.1) is 11.3 Å². The van der Waals surface area contributed by atoms with Gasteiger partial charge in [0.1, 0.15) is 4.83 Å². The van der Waals surface area contributed by atoms with Crippen LogP contribution in [0.15, 0.2) is 30.3 Å². The van der Waals surface area contributed by atoms with Crippen LogP contribution in [-0.4, -0.2) is 34.9 Å². The highest BCUT2D eigenvalue weighted by Crippen LogP contribution is 2.29. The number of aryl methyl sites for hydroxylation is 1.